The predicted octanol–water partition coefficient (Wildman–Crippen LogP) is 1.53. The highest BCUT2D eigenvalue weighted by Gasteiger charge is 2.42. The molecule has 0 bridgehead atoms. The summed E-state index contributed by atoms with van der Waals surface area (Å²) >= 11 is 0. The Labute approximate surface area is 110 Å². The van der Waals surface area contributed by atoms with Crippen LogP contribution in [0.5, 0.6) is 0 Å². The number of nitrogens with zero attached hydrogens (tertiary/aromatic N) is 1. The molecule has 4 unspecified atom stereocenters. The molecule has 1 saturated heterocycles. The van der Waals surface area contributed by atoms with Crippen molar-refractivity contribution in [3.63, 3.8) is 0 Å². The van der Waals surface area contributed by atoms with Gasteiger partial charge < -0.3 is 15.4 Å². The van der Waals surface area contributed by atoms with Gasteiger partial charge in [-0.25, -0.2) is 0 Å². The smallest absolute Gasteiger partial charge is 0.225 e. The first kappa shape index (κ1) is 13.8. The molecule has 1 aliphatic heterocycles. The fourth-order valence-corrected chi connectivity index (χ4v) is 3.70. The van der Waals surface area contributed by atoms with Crippen LogP contribution in [-0.2, 0) is 9.53 Å². The topological polar surface area (TPSA) is 55.6 Å². The summed E-state index contributed by atoms with van der Waals surface area (Å²) in [4.78, 5) is 14.6. The number of hydrogen-bond acceptors (Lipinski definition) is 3. The highest BCUT2D eigenvalue weighted by Crippen LogP contribution is 2.39. The molecule has 0 aromatic carbocycles. The van der Waals surface area contributed by atoms with Crippen LogP contribution in [0, 0.1) is 5.92 Å². The number of rotatable bonds is 4. The van der Waals surface area contributed by atoms with E-state index in [0.29, 0.717) is 25.0 Å². The highest BCUT2D eigenvalue weighted by atomic mass is 16.5. The molecule has 0 spiro atoms. The molecular formula is C14H26N2O2. The van der Waals surface area contributed by atoms with Crippen molar-refractivity contribution in [2.45, 2.75) is 63.6 Å². The second-order valence-electron chi connectivity index (χ2n) is 5.80. The number of carbonyl (C=O) groups excluding carboxylic acids is 1. The van der Waals surface area contributed by atoms with Gasteiger partial charge in [-0.2, -0.15) is 0 Å². The van der Waals surface area contributed by atoms with Gasteiger partial charge in [0.05, 0.1) is 12.5 Å². The lowest BCUT2D eigenvalue weighted by molar-refractivity contribution is -0.137. The van der Waals surface area contributed by atoms with E-state index >= 15 is 0 Å². The second kappa shape index (κ2) is 6.02. The Bertz CT molecular complexity index is 292. The van der Waals surface area contributed by atoms with Crippen LogP contribution in [0.3, 0.4) is 0 Å². The van der Waals surface area contributed by atoms with Crippen molar-refractivity contribution in [2.75, 3.05) is 13.7 Å². The van der Waals surface area contributed by atoms with Gasteiger partial charge in [0.15, 0.2) is 0 Å². The summed E-state index contributed by atoms with van der Waals surface area (Å²) < 4.78 is 5.23. The standard InChI is InChI=1S/C14H26N2O2/c1-10-7-11-5-3-4-6-13(11)16(10)14(17)8-12(9-15)18-2/h10-13H,3-9,15H2,1-2H3. The molecule has 4 atom stereocenters. The Kier molecular flexibility index (Phi) is 4.62. The van der Waals surface area contributed by atoms with Crippen LogP contribution in [0.1, 0.15) is 45.4 Å². The minimum Gasteiger partial charge on any atom is -0.380 e. The Morgan fingerprint density at radius 3 is 2.83 bits per heavy atom. The van der Waals surface area contributed by atoms with Crippen molar-refractivity contribution in [2.24, 2.45) is 11.7 Å². The van der Waals surface area contributed by atoms with Crippen LogP contribution in [0.15, 0.2) is 0 Å². The summed E-state index contributed by atoms with van der Waals surface area (Å²) in [5.41, 5.74) is 5.60. The molecule has 104 valence electrons. The van der Waals surface area contributed by atoms with E-state index < -0.39 is 0 Å². The molecule has 0 radical (unpaired) electrons. The number of methoxy groups -OCH3 is 1. The van der Waals surface area contributed by atoms with E-state index in [1.165, 1.54) is 32.1 Å². The minimum absolute atomic E-state index is 0.132. The lowest BCUT2D eigenvalue weighted by Crippen LogP contribution is -2.44. The Balaban J connectivity index is 1.99. The third kappa shape index (κ3) is 2.69. The van der Waals surface area contributed by atoms with E-state index in [1.807, 2.05) is 0 Å². The van der Waals surface area contributed by atoms with E-state index in [9.17, 15) is 4.79 Å². The number of nitrogens with two attached hydrogens (primary N) is 1. The third-order valence-electron chi connectivity index (χ3n) is 4.63. The van der Waals surface area contributed by atoms with Crippen LogP contribution in [0.2, 0.25) is 0 Å². The molecule has 1 heterocycles. The molecule has 1 amide bonds. The van der Waals surface area contributed by atoms with E-state index in [2.05, 4.69) is 11.8 Å². The molecular weight excluding hydrogens is 228 g/mol. The maximum Gasteiger partial charge on any atom is 0.225 e. The lowest BCUT2D eigenvalue weighted by Gasteiger charge is -2.34. The quantitative estimate of drug-likeness (QED) is 0.827. The fourth-order valence-electron chi connectivity index (χ4n) is 3.70. The number of likely N-dealkylation sites (tertiary alicyclic amines) is 1. The van der Waals surface area contributed by atoms with Gasteiger partial charge >= 0.3 is 0 Å². The van der Waals surface area contributed by atoms with E-state index in [-0.39, 0.29) is 12.0 Å². The van der Waals surface area contributed by atoms with Crippen molar-refractivity contribution in [1.29, 1.82) is 0 Å². The van der Waals surface area contributed by atoms with E-state index in [1.54, 1.807) is 7.11 Å². The molecule has 2 N–H and O–H groups in total. The van der Waals surface area contributed by atoms with Crippen molar-refractivity contribution in [1.82, 2.24) is 4.90 Å². The zero-order valence-corrected chi connectivity index (χ0v) is 11.6. The fraction of sp³-hybridized carbons (Fsp3) is 0.929. The highest BCUT2D eigenvalue weighted by molar-refractivity contribution is 5.77. The number of fused-ring (bicyclic) bond motifs is 1. The molecule has 0 aromatic rings. The minimum atomic E-state index is -0.132. The zero-order valence-electron chi connectivity index (χ0n) is 11.6. The molecule has 0 aromatic heterocycles. The van der Waals surface area contributed by atoms with E-state index in [4.69, 9.17) is 10.5 Å². The summed E-state index contributed by atoms with van der Waals surface area (Å²) in [5.74, 6) is 0.964. The van der Waals surface area contributed by atoms with Gasteiger partial charge in [-0.05, 0) is 32.1 Å². The summed E-state index contributed by atoms with van der Waals surface area (Å²) in [6.07, 6.45) is 6.55. The molecule has 2 rings (SSSR count). The molecule has 4 nitrogen and oxygen atoms in total. The Hall–Kier alpha value is -0.610. The summed E-state index contributed by atoms with van der Waals surface area (Å²) in [5, 5.41) is 0. The van der Waals surface area contributed by atoms with Gasteiger partial charge in [-0.15, -0.1) is 0 Å². The van der Waals surface area contributed by atoms with Crippen LogP contribution >= 0.6 is 0 Å². The van der Waals surface area contributed by atoms with Crippen molar-refractivity contribution >= 4 is 5.91 Å². The number of carbonyl (C=O) groups is 1. The predicted molar refractivity (Wildman–Crippen MR) is 71.1 cm³/mol. The van der Waals surface area contributed by atoms with Gasteiger partial charge in [-0.1, -0.05) is 12.8 Å². The molecule has 2 fully saturated rings. The molecule has 1 aliphatic carbocycles. The second-order valence-corrected chi connectivity index (χ2v) is 5.80. The Morgan fingerprint density at radius 1 is 1.44 bits per heavy atom. The third-order valence-corrected chi connectivity index (χ3v) is 4.63. The molecule has 18 heavy (non-hydrogen) atoms. The number of ether oxygens (including phenoxy) is 1. The van der Waals surface area contributed by atoms with Crippen molar-refractivity contribution in [3.05, 3.63) is 0 Å². The first-order chi connectivity index (χ1) is 8.67. The number of amides is 1. The van der Waals surface area contributed by atoms with Gasteiger partial charge in [0.2, 0.25) is 5.91 Å². The summed E-state index contributed by atoms with van der Waals surface area (Å²) in [7, 11) is 1.63. The molecule has 4 heteroatoms. The number of hydrogen-bond donors (Lipinski definition) is 1. The van der Waals surface area contributed by atoms with Crippen LogP contribution in [0.4, 0.5) is 0 Å². The lowest BCUT2D eigenvalue weighted by atomic mass is 9.85. The Morgan fingerprint density at radius 2 is 2.17 bits per heavy atom. The van der Waals surface area contributed by atoms with Crippen LogP contribution in [0.25, 0.3) is 0 Å². The normalized spacial score (nSPS) is 33.3. The first-order valence-corrected chi connectivity index (χ1v) is 7.21. The average Bonchev–Trinajstić information content (AvgIpc) is 2.71. The SMILES string of the molecule is COC(CN)CC(=O)N1C(C)CC2CCCCC21. The molecule has 1 saturated carbocycles. The van der Waals surface area contributed by atoms with Gasteiger partial charge in [0.1, 0.15) is 0 Å². The first-order valence-electron chi connectivity index (χ1n) is 7.21. The molecule has 2 aliphatic rings. The van der Waals surface area contributed by atoms with Crippen LogP contribution in [-0.4, -0.2) is 42.6 Å². The van der Waals surface area contributed by atoms with Gasteiger partial charge in [-0.3, -0.25) is 4.79 Å². The average molecular weight is 254 g/mol. The maximum absolute atomic E-state index is 12.4. The van der Waals surface area contributed by atoms with Gasteiger partial charge in [0, 0.05) is 25.7 Å². The largest absolute Gasteiger partial charge is 0.380 e. The maximum atomic E-state index is 12.4. The van der Waals surface area contributed by atoms with Gasteiger partial charge in [0.25, 0.3) is 0 Å². The van der Waals surface area contributed by atoms with E-state index in [0.717, 1.165) is 5.92 Å². The van der Waals surface area contributed by atoms with Crippen molar-refractivity contribution < 1.29 is 9.53 Å². The zero-order chi connectivity index (χ0) is 13.1. The van der Waals surface area contributed by atoms with Crippen LogP contribution < -0.4 is 5.73 Å². The summed E-state index contributed by atoms with van der Waals surface area (Å²) in [6, 6.07) is 0.873. The monoisotopic (exact) mass is 254 g/mol. The summed E-state index contributed by atoms with van der Waals surface area (Å²) in [6.45, 7) is 2.60. The van der Waals surface area contributed by atoms with Crippen molar-refractivity contribution in [3.8, 4) is 0 Å².